The van der Waals surface area contributed by atoms with Gasteiger partial charge in [-0.3, -0.25) is 9.69 Å². The molecule has 3 rings (SSSR count). The molecular weight excluding hydrogens is 304 g/mol. The maximum atomic E-state index is 11.6. The van der Waals surface area contributed by atoms with Crippen LogP contribution in [0.15, 0.2) is 42.6 Å². The molecule has 1 aromatic heterocycles. The van der Waals surface area contributed by atoms with Gasteiger partial charge in [-0.25, -0.2) is 4.68 Å². The third-order valence-electron chi connectivity index (χ3n) is 4.45. The minimum absolute atomic E-state index is 0.118. The summed E-state index contributed by atoms with van der Waals surface area (Å²) in [5.74, 6) is -0.118. The van der Waals surface area contributed by atoms with Crippen molar-refractivity contribution in [3.63, 3.8) is 0 Å². The Morgan fingerprint density at radius 3 is 2.88 bits per heavy atom. The van der Waals surface area contributed by atoms with E-state index in [2.05, 4.69) is 15.3 Å². The zero-order chi connectivity index (χ0) is 17.0. The first-order chi connectivity index (χ1) is 11.6. The summed E-state index contributed by atoms with van der Waals surface area (Å²) < 4.78 is 1.86. The lowest BCUT2D eigenvalue weighted by molar-refractivity contribution is -0.128. The molecule has 0 bridgehead atoms. The van der Waals surface area contributed by atoms with Crippen LogP contribution in [0.4, 0.5) is 0 Å². The average molecular weight is 328 g/mol. The molecular formula is C18H24N4O2. The Hall–Kier alpha value is -2.18. The summed E-state index contributed by atoms with van der Waals surface area (Å²) in [6.45, 7) is 2.09. The van der Waals surface area contributed by atoms with Crippen LogP contribution < -0.4 is 5.32 Å². The lowest BCUT2D eigenvalue weighted by Gasteiger charge is -2.38. The zero-order valence-corrected chi connectivity index (χ0v) is 14.0. The SMILES string of the molecule is CNC(=O)CC1(O)CCCN(Cc2ccn(-c3ccccc3)n2)C1. The van der Waals surface area contributed by atoms with Crippen LogP contribution in [0, 0.1) is 0 Å². The first-order valence-electron chi connectivity index (χ1n) is 8.33. The van der Waals surface area contributed by atoms with Gasteiger partial charge in [-0.1, -0.05) is 18.2 Å². The summed E-state index contributed by atoms with van der Waals surface area (Å²) in [6.07, 6.45) is 3.64. The molecule has 1 aliphatic heterocycles. The summed E-state index contributed by atoms with van der Waals surface area (Å²) in [6, 6.07) is 12.0. The van der Waals surface area contributed by atoms with E-state index in [0.717, 1.165) is 24.3 Å². The molecule has 0 saturated carbocycles. The van der Waals surface area contributed by atoms with E-state index in [9.17, 15) is 9.90 Å². The molecule has 1 saturated heterocycles. The highest BCUT2D eigenvalue weighted by Crippen LogP contribution is 2.25. The van der Waals surface area contributed by atoms with Crippen LogP contribution in [0.2, 0.25) is 0 Å². The number of amides is 1. The number of para-hydroxylation sites is 1. The van der Waals surface area contributed by atoms with E-state index in [-0.39, 0.29) is 12.3 Å². The van der Waals surface area contributed by atoms with Gasteiger partial charge in [0.2, 0.25) is 5.91 Å². The number of hydrogen-bond acceptors (Lipinski definition) is 4. The van der Waals surface area contributed by atoms with Crippen molar-refractivity contribution in [1.82, 2.24) is 20.0 Å². The van der Waals surface area contributed by atoms with Crippen molar-refractivity contribution in [3.05, 3.63) is 48.3 Å². The van der Waals surface area contributed by atoms with Crippen LogP contribution in [0.5, 0.6) is 0 Å². The van der Waals surface area contributed by atoms with Gasteiger partial charge in [0.1, 0.15) is 0 Å². The van der Waals surface area contributed by atoms with Crippen molar-refractivity contribution in [2.24, 2.45) is 0 Å². The molecule has 2 N–H and O–H groups in total. The molecule has 2 heterocycles. The van der Waals surface area contributed by atoms with Crippen LogP contribution in [-0.2, 0) is 11.3 Å². The van der Waals surface area contributed by atoms with Crippen molar-refractivity contribution in [3.8, 4) is 5.69 Å². The fraction of sp³-hybridized carbons (Fsp3) is 0.444. The average Bonchev–Trinajstić information content (AvgIpc) is 3.03. The quantitative estimate of drug-likeness (QED) is 0.869. The summed E-state index contributed by atoms with van der Waals surface area (Å²) in [4.78, 5) is 13.8. The fourth-order valence-electron chi connectivity index (χ4n) is 3.27. The van der Waals surface area contributed by atoms with Crippen LogP contribution in [0.3, 0.4) is 0 Å². The molecule has 0 aliphatic carbocycles. The van der Waals surface area contributed by atoms with E-state index >= 15 is 0 Å². The van der Waals surface area contributed by atoms with Gasteiger partial charge in [-0.05, 0) is 37.6 Å². The minimum atomic E-state index is -0.944. The van der Waals surface area contributed by atoms with Crippen molar-refractivity contribution >= 4 is 5.91 Å². The van der Waals surface area contributed by atoms with Gasteiger partial charge in [-0.2, -0.15) is 5.10 Å². The minimum Gasteiger partial charge on any atom is -0.388 e. The van der Waals surface area contributed by atoms with Gasteiger partial charge >= 0.3 is 0 Å². The Labute approximate surface area is 142 Å². The highest BCUT2D eigenvalue weighted by atomic mass is 16.3. The maximum Gasteiger partial charge on any atom is 0.222 e. The van der Waals surface area contributed by atoms with Gasteiger partial charge in [0, 0.05) is 26.3 Å². The maximum absolute atomic E-state index is 11.6. The Kier molecular flexibility index (Phi) is 4.97. The largest absolute Gasteiger partial charge is 0.388 e. The molecule has 24 heavy (non-hydrogen) atoms. The highest BCUT2D eigenvalue weighted by molar-refractivity contribution is 5.76. The molecule has 1 unspecified atom stereocenters. The van der Waals surface area contributed by atoms with Gasteiger partial charge < -0.3 is 10.4 Å². The standard InChI is InChI=1S/C18H24N4O2/c1-19-17(23)12-18(24)9-5-10-21(14-18)13-15-8-11-22(20-15)16-6-3-2-4-7-16/h2-4,6-8,11,24H,5,9-10,12-14H2,1H3,(H,19,23). The predicted molar refractivity (Wildman–Crippen MR) is 91.7 cm³/mol. The number of aromatic nitrogens is 2. The molecule has 128 valence electrons. The van der Waals surface area contributed by atoms with Gasteiger partial charge in [-0.15, -0.1) is 0 Å². The van der Waals surface area contributed by atoms with Crippen LogP contribution >= 0.6 is 0 Å². The molecule has 1 fully saturated rings. The van der Waals surface area contributed by atoms with E-state index in [1.165, 1.54) is 0 Å². The Morgan fingerprint density at radius 2 is 2.12 bits per heavy atom. The summed E-state index contributed by atoms with van der Waals surface area (Å²) in [5.41, 5.74) is 1.04. The van der Waals surface area contributed by atoms with Gasteiger partial charge in [0.05, 0.1) is 23.4 Å². The van der Waals surface area contributed by atoms with E-state index in [4.69, 9.17) is 0 Å². The number of β-amino-alcohol motifs (C(OH)–C–C–N with tert-alkyl or cyclic N) is 1. The summed E-state index contributed by atoms with van der Waals surface area (Å²) in [7, 11) is 1.60. The molecule has 6 nitrogen and oxygen atoms in total. The number of aliphatic hydroxyl groups is 1. The number of nitrogens with one attached hydrogen (secondary N) is 1. The molecule has 1 amide bonds. The fourth-order valence-corrected chi connectivity index (χ4v) is 3.27. The smallest absolute Gasteiger partial charge is 0.222 e. The third-order valence-corrected chi connectivity index (χ3v) is 4.45. The zero-order valence-electron chi connectivity index (χ0n) is 14.0. The van der Waals surface area contributed by atoms with E-state index in [1.807, 2.05) is 47.3 Å². The second-order valence-electron chi connectivity index (χ2n) is 6.48. The molecule has 6 heteroatoms. The number of piperidine rings is 1. The molecule has 0 spiro atoms. The van der Waals surface area contributed by atoms with Crippen molar-refractivity contribution in [2.75, 3.05) is 20.1 Å². The lowest BCUT2D eigenvalue weighted by atomic mass is 9.89. The summed E-state index contributed by atoms with van der Waals surface area (Å²) >= 11 is 0. The van der Waals surface area contributed by atoms with E-state index in [1.54, 1.807) is 7.05 Å². The number of nitrogens with zero attached hydrogens (tertiary/aromatic N) is 3. The van der Waals surface area contributed by atoms with Crippen LogP contribution in [0.1, 0.15) is 25.0 Å². The van der Waals surface area contributed by atoms with Crippen LogP contribution in [0.25, 0.3) is 5.69 Å². The van der Waals surface area contributed by atoms with Gasteiger partial charge in [0.15, 0.2) is 0 Å². The molecule has 1 atom stereocenters. The number of likely N-dealkylation sites (tertiary alicyclic amines) is 1. The van der Waals surface area contributed by atoms with Gasteiger partial charge in [0.25, 0.3) is 0 Å². The second-order valence-corrected chi connectivity index (χ2v) is 6.48. The number of benzene rings is 1. The first-order valence-corrected chi connectivity index (χ1v) is 8.33. The molecule has 0 radical (unpaired) electrons. The van der Waals surface area contributed by atoms with Crippen LogP contribution in [-0.4, -0.2) is 51.4 Å². The highest BCUT2D eigenvalue weighted by Gasteiger charge is 2.35. The topological polar surface area (TPSA) is 70.4 Å². The Morgan fingerprint density at radius 1 is 1.33 bits per heavy atom. The number of carbonyl (C=O) groups excluding carboxylic acids is 1. The number of hydrogen-bond donors (Lipinski definition) is 2. The number of rotatable bonds is 5. The van der Waals surface area contributed by atoms with Crippen molar-refractivity contribution < 1.29 is 9.90 Å². The third kappa shape index (κ3) is 4.01. The van der Waals surface area contributed by atoms with E-state index < -0.39 is 5.60 Å². The normalized spacial score (nSPS) is 21.6. The number of carbonyl (C=O) groups is 1. The first kappa shape index (κ1) is 16.7. The van der Waals surface area contributed by atoms with Crippen molar-refractivity contribution in [1.29, 1.82) is 0 Å². The second kappa shape index (κ2) is 7.15. The Bertz CT molecular complexity index is 685. The lowest BCUT2D eigenvalue weighted by Crippen LogP contribution is -2.49. The summed E-state index contributed by atoms with van der Waals surface area (Å²) in [5, 5.41) is 17.9. The molecule has 2 aromatic rings. The Balaban J connectivity index is 1.64. The predicted octanol–water partition coefficient (Wildman–Crippen LogP) is 1.34. The monoisotopic (exact) mass is 328 g/mol. The van der Waals surface area contributed by atoms with E-state index in [0.29, 0.717) is 19.5 Å². The molecule has 1 aromatic carbocycles. The molecule has 1 aliphatic rings. The van der Waals surface area contributed by atoms with Crippen molar-refractivity contribution in [2.45, 2.75) is 31.4 Å².